The van der Waals surface area contributed by atoms with Gasteiger partial charge in [0.25, 0.3) is 5.91 Å². The smallest absolute Gasteiger partial charge is 0.260 e. The molecule has 2 aromatic rings. The normalized spacial score (nSPS) is 18.9. The Bertz CT molecular complexity index is 751. The van der Waals surface area contributed by atoms with E-state index in [1.807, 2.05) is 19.1 Å². The van der Waals surface area contributed by atoms with Crippen LogP contribution < -0.4 is 10.1 Å². The molecule has 1 aromatic carbocycles. The summed E-state index contributed by atoms with van der Waals surface area (Å²) in [7, 11) is 0. The summed E-state index contributed by atoms with van der Waals surface area (Å²) in [5.74, 6) is 0.944. The highest BCUT2D eigenvalue weighted by atomic mass is 35.5. The summed E-state index contributed by atoms with van der Waals surface area (Å²) in [6.45, 7) is 7.59. The number of likely N-dealkylation sites (tertiary alicyclic amines) is 1. The van der Waals surface area contributed by atoms with E-state index in [1.54, 1.807) is 24.3 Å². The molecular formula is C21H27ClN2O2S. The van der Waals surface area contributed by atoms with Gasteiger partial charge in [0.1, 0.15) is 5.75 Å². The maximum absolute atomic E-state index is 12.4. The standard InChI is InChI=1S/C21H27ClN2O2S/c1-15-7-8-19(22)20(11-15)26-16(2)21(25)23-12-17-5-3-9-24(13-17)14-18-6-4-10-27-18/h4,6-8,10-11,16-17H,3,5,9,12-14H2,1-2H3,(H,23,25). The average molecular weight is 407 g/mol. The lowest BCUT2D eigenvalue weighted by Gasteiger charge is -2.32. The highest BCUT2D eigenvalue weighted by molar-refractivity contribution is 7.09. The van der Waals surface area contributed by atoms with Crippen molar-refractivity contribution in [3.63, 3.8) is 0 Å². The van der Waals surface area contributed by atoms with Gasteiger partial charge in [-0.15, -0.1) is 11.3 Å². The number of carbonyl (C=O) groups is 1. The van der Waals surface area contributed by atoms with E-state index in [9.17, 15) is 4.79 Å². The van der Waals surface area contributed by atoms with E-state index in [1.165, 1.54) is 11.3 Å². The molecule has 27 heavy (non-hydrogen) atoms. The minimum atomic E-state index is -0.574. The third-order valence-electron chi connectivity index (χ3n) is 4.89. The predicted molar refractivity (Wildman–Crippen MR) is 112 cm³/mol. The van der Waals surface area contributed by atoms with Crippen LogP contribution in [0.5, 0.6) is 5.75 Å². The van der Waals surface area contributed by atoms with Crippen molar-refractivity contribution in [3.8, 4) is 5.75 Å². The minimum Gasteiger partial charge on any atom is -0.479 e. The van der Waals surface area contributed by atoms with Gasteiger partial charge < -0.3 is 10.1 Å². The maximum Gasteiger partial charge on any atom is 0.260 e. The zero-order valence-electron chi connectivity index (χ0n) is 15.9. The van der Waals surface area contributed by atoms with Crippen LogP contribution in [0.1, 0.15) is 30.2 Å². The zero-order valence-corrected chi connectivity index (χ0v) is 17.5. The number of nitrogens with one attached hydrogen (secondary N) is 1. The first-order chi connectivity index (χ1) is 13.0. The first kappa shape index (κ1) is 20.2. The van der Waals surface area contributed by atoms with E-state index >= 15 is 0 Å². The molecule has 2 atom stereocenters. The van der Waals surface area contributed by atoms with Crippen molar-refractivity contribution in [1.29, 1.82) is 0 Å². The first-order valence-corrected chi connectivity index (χ1v) is 10.7. The molecule has 2 heterocycles. The topological polar surface area (TPSA) is 41.6 Å². The molecule has 1 amide bonds. The van der Waals surface area contributed by atoms with Crippen molar-refractivity contribution in [3.05, 3.63) is 51.2 Å². The second-order valence-electron chi connectivity index (χ2n) is 7.26. The van der Waals surface area contributed by atoms with Gasteiger partial charge in [-0.1, -0.05) is 23.7 Å². The number of hydrogen-bond donors (Lipinski definition) is 1. The number of amides is 1. The summed E-state index contributed by atoms with van der Waals surface area (Å²) in [4.78, 5) is 16.3. The minimum absolute atomic E-state index is 0.0945. The first-order valence-electron chi connectivity index (χ1n) is 9.46. The summed E-state index contributed by atoms with van der Waals surface area (Å²) in [6, 6.07) is 9.86. The molecular weight excluding hydrogens is 380 g/mol. The Kier molecular flexibility index (Phi) is 7.16. The Balaban J connectivity index is 1.45. The molecule has 146 valence electrons. The Morgan fingerprint density at radius 1 is 1.44 bits per heavy atom. The number of ether oxygens (including phenoxy) is 1. The van der Waals surface area contributed by atoms with Gasteiger partial charge in [0.2, 0.25) is 0 Å². The number of nitrogens with zero attached hydrogens (tertiary/aromatic N) is 1. The molecule has 2 unspecified atom stereocenters. The molecule has 4 nitrogen and oxygen atoms in total. The molecule has 1 fully saturated rings. The average Bonchev–Trinajstić information content (AvgIpc) is 3.16. The van der Waals surface area contributed by atoms with Gasteiger partial charge in [0.15, 0.2) is 6.10 Å². The molecule has 0 aliphatic carbocycles. The van der Waals surface area contributed by atoms with Crippen LogP contribution in [0, 0.1) is 12.8 Å². The fourth-order valence-electron chi connectivity index (χ4n) is 3.42. The van der Waals surface area contributed by atoms with Crippen molar-refractivity contribution in [2.24, 2.45) is 5.92 Å². The SMILES string of the molecule is Cc1ccc(Cl)c(OC(C)C(=O)NCC2CCCN(Cc3cccs3)C2)c1. The van der Waals surface area contributed by atoms with Gasteiger partial charge >= 0.3 is 0 Å². The Morgan fingerprint density at radius 3 is 3.07 bits per heavy atom. The summed E-state index contributed by atoms with van der Waals surface area (Å²) in [6.07, 6.45) is 1.76. The summed E-state index contributed by atoms with van der Waals surface area (Å²) in [5.41, 5.74) is 1.05. The van der Waals surface area contributed by atoms with Gasteiger partial charge in [-0.3, -0.25) is 9.69 Å². The lowest BCUT2D eigenvalue weighted by molar-refractivity contribution is -0.127. The molecule has 1 aliphatic rings. The molecule has 6 heteroatoms. The number of thiophene rings is 1. The van der Waals surface area contributed by atoms with E-state index < -0.39 is 6.10 Å². The van der Waals surface area contributed by atoms with Crippen molar-refractivity contribution in [2.45, 2.75) is 39.3 Å². The van der Waals surface area contributed by atoms with Crippen molar-refractivity contribution < 1.29 is 9.53 Å². The van der Waals surface area contributed by atoms with Crippen molar-refractivity contribution in [1.82, 2.24) is 10.2 Å². The summed E-state index contributed by atoms with van der Waals surface area (Å²) >= 11 is 7.96. The van der Waals surface area contributed by atoms with Crippen molar-refractivity contribution in [2.75, 3.05) is 19.6 Å². The fraction of sp³-hybridized carbons (Fsp3) is 0.476. The lowest BCUT2D eigenvalue weighted by atomic mass is 9.98. The Hall–Kier alpha value is -1.56. The molecule has 1 N–H and O–H groups in total. The molecule has 0 bridgehead atoms. The van der Waals surface area contributed by atoms with Crippen LogP contribution in [-0.2, 0) is 11.3 Å². The van der Waals surface area contributed by atoms with Crippen LogP contribution in [-0.4, -0.2) is 36.5 Å². The van der Waals surface area contributed by atoms with Crippen LogP contribution >= 0.6 is 22.9 Å². The number of benzene rings is 1. The highest BCUT2D eigenvalue weighted by Crippen LogP contribution is 2.26. The molecule has 0 spiro atoms. The molecule has 3 rings (SSSR count). The van der Waals surface area contributed by atoms with Crippen LogP contribution in [0.15, 0.2) is 35.7 Å². The second kappa shape index (κ2) is 9.58. The van der Waals surface area contributed by atoms with Crippen LogP contribution in [0.3, 0.4) is 0 Å². The fourth-order valence-corrected chi connectivity index (χ4v) is 4.33. The van der Waals surface area contributed by atoms with E-state index in [4.69, 9.17) is 16.3 Å². The van der Waals surface area contributed by atoms with Crippen LogP contribution in [0.4, 0.5) is 0 Å². The molecule has 0 saturated carbocycles. The molecule has 0 radical (unpaired) electrons. The monoisotopic (exact) mass is 406 g/mol. The molecule has 1 aliphatic heterocycles. The zero-order chi connectivity index (χ0) is 19.2. The quantitative estimate of drug-likeness (QED) is 0.735. The summed E-state index contributed by atoms with van der Waals surface area (Å²) < 4.78 is 5.77. The number of hydrogen-bond acceptors (Lipinski definition) is 4. The number of halogens is 1. The van der Waals surface area contributed by atoms with Gasteiger partial charge in [-0.2, -0.15) is 0 Å². The second-order valence-corrected chi connectivity index (χ2v) is 8.70. The van der Waals surface area contributed by atoms with E-state index in [0.717, 1.165) is 31.6 Å². The van der Waals surface area contributed by atoms with Gasteiger partial charge in [-0.05, 0) is 68.3 Å². The van der Waals surface area contributed by atoms with Crippen LogP contribution in [0.2, 0.25) is 5.02 Å². The maximum atomic E-state index is 12.4. The Morgan fingerprint density at radius 2 is 2.30 bits per heavy atom. The van der Waals surface area contributed by atoms with Gasteiger partial charge in [0, 0.05) is 24.5 Å². The summed E-state index contributed by atoms with van der Waals surface area (Å²) in [5, 5.41) is 5.70. The van der Waals surface area contributed by atoms with E-state index in [0.29, 0.717) is 23.2 Å². The highest BCUT2D eigenvalue weighted by Gasteiger charge is 2.22. The Labute approximate surface area is 170 Å². The number of carbonyl (C=O) groups excluding carboxylic acids is 1. The third-order valence-corrected chi connectivity index (χ3v) is 6.06. The van der Waals surface area contributed by atoms with Gasteiger partial charge in [-0.25, -0.2) is 0 Å². The van der Waals surface area contributed by atoms with E-state index in [-0.39, 0.29) is 5.91 Å². The largest absolute Gasteiger partial charge is 0.479 e. The molecule has 1 saturated heterocycles. The number of aryl methyl sites for hydroxylation is 1. The number of piperidine rings is 1. The van der Waals surface area contributed by atoms with Crippen molar-refractivity contribution >= 4 is 28.8 Å². The lowest BCUT2D eigenvalue weighted by Crippen LogP contribution is -2.43. The number of rotatable bonds is 7. The van der Waals surface area contributed by atoms with E-state index in [2.05, 4.69) is 27.7 Å². The predicted octanol–water partition coefficient (Wildman–Crippen LogP) is 4.51. The van der Waals surface area contributed by atoms with Gasteiger partial charge in [0.05, 0.1) is 5.02 Å². The van der Waals surface area contributed by atoms with Crippen LogP contribution in [0.25, 0.3) is 0 Å². The third kappa shape index (κ3) is 5.96. The molecule has 1 aromatic heterocycles.